The molecule has 0 saturated heterocycles. The Morgan fingerprint density at radius 2 is 1.97 bits per heavy atom. The largest absolute Gasteiger partial charge is 0.497 e. The van der Waals surface area contributed by atoms with Gasteiger partial charge < -0.3 is 18.9 Å². The molecule has 180 valence electrons. The van der Waals surface area contributed by atoms with E-state index in [-0.39, 0.29) is 23.8 Å². The van der Waals surface area contributed by atoms with Crippen LogP contribution in [-0.4, -0.2) is 64.9 Å². The molecule has 0 spiro atoms. The first-order valence-electron chi connectivity index (χ1n) is 11.1. The molecule has 3 aromatic rings. The van der Waals surface area contributed by atoms with Gasteiger partial charge in [-0.2, -0.15) is 0 Å². The number of carbonyl (C=O) groups excluding carboxylic acids is 1. The van der Waals surface area contributed by atoms with Crippen LogP contribution in [0.15, 0.2) is 39.8 Å². The SMILES string of the molecule is COc1cccc(CN2CCc3c(C(=O)N(C)Cc4nonc4C)c(OC)cc(=O)n3CC2)c1. The van der Waals surface area contributed by atoms with Crippen molar-refractivity contribution in [1.82, 2.24) is 24.7 Å². The molecule has 1 aliphatic heterocycles. The molecule has 0 N–H and O–H groups in total. The summed E-state index contributed by atoms with van der Waals surface area (Å²) in [7, 11) is 4.81. The smallest absolute Gasteiger partial charge is 0.259 e. The van der Waals surface area contributed by atoms with Crippen LogP contribution >= 0.6 is 0 Å². The number of rotatable bonds is 7. The molecular weight excluding hydrogens is 438 g/mol. The highest BCUT2D eigenvalue weighted by molar-refractivity contribution is 5.98. The van der Waals surface area contributed by atoms with E-state index in [1.54, 1.807) is 25.6 Å². The summed E-state index contributed by atoms with van der Waals surface area (Å²) >= 11 is 0. The summed E-state index contributed by atoms with van der Waals surface area (Å²) in [6.07, 6.45) is 0.538. The summed E-state index contributed by atoms with van der Waals surface area (Å²) in [6.45, 7) is 4.59. The lowest BCUT2D eigenvalue weighted by atomic mass is 10.1. The molecule has 4 rings (SSSR count). The fraction of sp³-hybridized carbons (Fsp3) is 0.417. The first-order valence-corrected chi connectivity index (χ1v) is 11.1. The van der Waals surface area contributed by atoms with Gasteiger partial charge in [-0.3, -0.25) is 14.5 Å². The maximum Gasteiger partial charge on any atom is 0.259 e. The lowest BCUT2D eigenvalue weighted by molar-refractivity contribution is 0.0776. The molecule has 34 heavy (non-hydrogen) atoms. The summed E-state index contributed by atoms with van der Waals surface area (Å²) in [5.41, 5.74) is 3.25. The van der Waals surface area contributed by atoms with Crippen LogP contribution in [0.3, 0.4) is 0 Å². The molecule has 10 heteroatoms. The topological polar surface area (TPSA) is 103 Å². The summed E-state index contributed by atoms with van der Waals surface area (Å²) in [5, 5.41) is 7.65. The third kappa shape index (κ3) is 4.81. The van der Waals surface area contributed by atoms with Crippen LogP contribution in [0.1, 0.15) is 33.0 Å². The minimum Gasteiger partial charge on any atom is -0.497 e. The summed E-state index contributed by atoms with van der Waals surface area (Å²) in [5.74, 6) is 0.846. The summed E-state index contributed by atoms with van der Waals surface area (Å²) in [6, 6.07) is 9.34. The van der Waals surface area contributed by atoms with Gasteiger partial charge >= 0.3 is 0 Å². The lowest BCUT2D eigenvalue weighted by Gasteiger charge is -2.21. The van der Waals surface area contributed by atoms with Crippen LogP contribution in [0.5, 0.6) is 11.5 Å². The van der Waals surface area contributed by atoms with Gasteiger partial charge in [0.2, 0.25) is 0 Å². The van der Waals surface area contributed by atoms with E-state index in [4.69, 9.17) is 14.1 Å². The molecule has 0 saturated carbocycles. The predicted molar refractivity (Wildman–Crippen MR) is 124 cm³/mol. The summed E-state index contributed by atoms with van der Waals surface area (Å²) in [4.78, 5) is 30.2. The fourth-order valence-corrected chi connectivity index (χ4v) is 4.25. The second kappa shape index (κ2) is 10.1. The zero-order chi connectivity index (χ0) is 24.2. The van der Waals surface area contributed by atoms with Gasteiger partial charge in [0.05, 0.1) is 20.8 Å². The van der Waals surface area contributed by atoms with E-state index in [1.165, 1.54) is 18.1 Å². The first kappa shape index (κ1) is 23.5. The molecule has 0 bridgehead atoms. The number of nitrogens with zero attached hydrogens (tertiary/aromatic N) is 5. The van der Waals surface area contributed by atoms with Crippen molar-refractivity contribution in [3.63, 3.8) is 0 Å². The zero-order valence-corrected chi connectivity index (χ0v) is 19.9. The normalized spacial score (nSPS) is 13.8. The third-order valence-corrected chi connectivity index (χ3v) is 6.14. The van der Waals surface area contributed by atoms with Gasteiger partial charge in [-0.15, -0.1) is 0 Å². The second-order valence-electron chi connectivity index (χ2n) is 8.36. The number of hydrogen-bond donors (Lipinski definition) is 0. The van der Waals surface area contributed by atoms with Crippen molar-refractivity contribution in [2.75, 3.05) is 34.4 Å². The Morgan fingerprint density at radius 3 is 2.68 bits per heavy atom. The third-order valence-electron chi connectivity index (χ3n) is 6.14. The molecule has 0 atom stereocenters. The molecule has 1 aliphatic rings. The number of methoxy groups -OCH3 is 2. The van der Waals surface area contributed by atoms with Gasteiger partial charge in [-0.1, -0.05) is 22.4 Å². The maximum absolute atomic E-state index is 13.5. The minimum absolute atomic E-state index is 0.175. The minimum atomic E-state index is -0.246. The Labute approximate surface area is 197 Å². The second-order valence-corrected chi connectivity index (χ2v) is 8.36. The maximum atomic E-state index is 13.5. The molecule has 0 radical (unpaired) electrons. The predicted octanol–water partition coefficient (Wildman–Crippen LogP) is 1.89. The Kier molecular flexibility index (Phi) is 6.97. The highest BCUT2D eigenvalue weighted by Crippen LogP contribution is 2.25. The van der Waals surface area contributed by atoms with Gasteiger partial charge in [0.25, 0.3) is 11.5 Å². The number of pyridine rings is 1. The van der Waals surface area contributed by atoms with Crippen LogP contribution in [0.25, 0.3) is 0 Å². The van der Waals surface area contributed by atoms with Gasteiger partial charge in [-0.05, 0) is 24.6 Å². The van der Waals surface area contributed by atoms with Crippen LogP contribution < -0.4 is 15.0 Å². The van der Waals surface area contributed by atoms with E-state index in [0.29, 0.717) is 48.7 Å². The molecular formula is C24H29N5O5. The standard InChI is InChI=1S/C24H29N5O5/c1-16-19(26-34-25-16)15-27(2)24(31)23-20-8-9-28(14-17-6-5-7-18(12-17)32-3)10-11-29(20)22(30)13-21(23)33-4/h5-7,12-13H,8-11,14-15H2,1-4H3. The average Bonchev–Trinajstić information content (AvgIpc) is 3.12. The highest BCUT2D eigenvalue weighted by atomic mass is 16.6. The van der Waals surface area contributed by atoms with Crippen molar-refractivity contribution < 1.29 is 18.9 Å². The van der Waals surface area contributed by atoms with Crippen LogP contribution in [0, 0.1) is 6.92 Å². The molecule has 0 aliphatic carbocycles. The van der Waals surface area contributed by atoms with Gasteiger partial charge in [0, 0.05) is 51.4 Å². The zero-order valence-electron chi connectivity index (χ0n) is 19.9. The quantitative estimate of drug-likeness (QED) is 0.519. The van der Waals surface area contributed by atoms with Crippen LogP contribution in [0.2, 0.25) is 0 Å². The molecule has 3 heterocycles. The number of amides is 1. The number of benzene rings is 1. The highest BCUT2D eigenvalue weighted by Gasteiger charge is 2.28. The number of ether oxygens (including phenoxy) is 2. The van der Waals surface area contributed by atoms with E-state index >= 15 is 0 Å². The van der Waals surface area contributed by atoms with Crippen LogP contribution in [-0.2, 0) is 26.1 Å². The van der Waals surface area contributed by atoms with E-state index in [0.717, 1.165) is 17.9 Å². The van der Waals surface area contributed by atoms with E-state index < -0.39 is 0 Å². The Bertz CT molecular complexity index is 1230. The number of aryl methyl sites for hydroxylation is 1. The monoisotopic (exact) mass is 467 g/mol. The van der Waals surface area contributed by atoms with E-state index in [2.05, 4.69) is 21.3 Å². The van der Waals surface area contributed by atoms with Gasteiger partial charge in [0.15, 0.2) is 0 Å². The fourth-order valence-electron chi connectivity index (χ4n) is 4.25. The number of aromatic nitrogens is 3. The number of carbonyl (C=O) groups is 1. The van der Waals surface area contributed by atoms with Gasteiger partial charge in [-0.25, -0.2) is 4.63 Å². The first-order chi connectivity index (χ1) is 16.4. The Balaban J connectivity index is 1.60. The molecule has 1 amide bonds. The van der Waals surface area contributed by atoms with Crippen molar-refractivity contribution in [2.45, 2.75) is 33.0 Å². The molecule has 1 aromatic carbocycles. The lowest BCUT2D eigenvalue weighted by Crippen LogP contribution is -2.32. The van der Waals surface area contributed by atoms with Gasteiger partial charge in [0.1, 0.15) is 28.5 Å². The van der Waals surface area contributed by atoms with E-state index in [9.17, 15) is 9.59 Å². The van der Waals surface area contributed by atoms with Crippen molar-refractivity contribution >= 4 is 5.91 Å². The van der Waals surface area contributed by atoms with Crippen molar-refractivity contribution in [3.8, 4) is 11.5 Å². The van der Waals surface area contributed by atoms with Crippen molar-refractivity contribution in [3.05, 3.63) is 68.9 Å². The molecule has 0 fully saturated rings. The number of hydrogen-bond acceptors (Lipinski definition) is 8. The van der Waals surface area contributed by atoms with Crippen molar-refractivity contribution in [2.24, 2.45) is 0 Å². The molecule has 10 nitrogen and oxygen atoms in total. The average molecular weight is 468 g/mol. The van der Waals surface area contributed by atoms with Crippen LogP contribution in [0.4, 0.5) is 0 Å². The van der Waals surface area contributed by atoms with Crippen molar-refractivity contribution in [1.29, 1.82) is 0 Å². The van der Waals surface area contributed by atoms with E-state index in [1.807, 2.05) is 18.2 Å². The number of fused-ring (bicyclic) bond motifs is 1. The molecule has 0 unspecified atom stereocenters. The molecule has 2 aromatic heterocycles. The Morgan fingerprint density at radius 1 is 1.15 bits per heavy atom. The summed E-state index contributed by atoms with van der Waals surface area (Å²) < 4.78 is 17.3. The Hall–Kier alpha value is -3.66.